The summed E-state index contributed by atoms with van der Waals surface area (Å²) in [5, 5.41) is 0. The van der Waals surface area contributed by atoms with Crippen LogP contribution < -0.4 is 4.72 Å². The first-order valence-corrected chi connectivity index (χ1v) is 9.73. The Labute approximate surface area is 148 Å². The lowest BCUT2D eigenvalue weighted by Crippen LogP contribution is -2.33. The van der Waals surface area contributed by atoms with Crippen molar-refractivity contribution < 1.29 is 17.2 Å². The first-order valence-electron chi connectivity index (χ1n) is 7.45. The Morgan fingerprint density at radius 1 is 1.21 bits per heavy atom. The summed E-state index contributed by atoms with van der Waals surface area (Å²) in [6.07, 6.45) is 0.651. The molecule has 0 radical (unpaired) electrons. The Hall–Kier alpha value is -1.31. The zero-order chi connectivity index (χ0) is 17.5. The predicted octanol–water partition coefficient (Wildman–Crippen LogP) is 3.98. The number of sulfonamides is 1. The van der Waals surface area contributed by atoms with Gasteiger partial charge in [0.15, 0.2) is 0 Å². The average molecular weight is 416 g/mol. The maximum atomic E-state index is 14.1. The van der Waals surface area contributed by atoms with Crippen molar-refractivity contribution in [1.29, 1.82) is 0 Å². The minimum atomic E-state index is -3.69. The van der Waals surface area contributed by atoms with Crippen molar-refractivity contribution in [3.8, 4) is 0 Å². The van der Waals surface area contributed by atoms with Gasteiger partial charge in [0.25, 0.3) is 0 Å². The second-order valence-electron chi connectivity index (χ2n) is 6.16. The van der Waals surface area contributed by atoms with Gasteiger partial charge in [-0.3, -0.25) is 0 Å². The fraction of sp³-hybridized carbons (Fsp3) is 0.294. The SMILES string of the molecule is CC1CC1(CNS(=O)(=O)c1ccc(Br)cc1)c1ccc(F)cc1F. The van der Waals surface area contributed by atoms with E-state index in [1.54, 1.807) is 12.1 Å². The lowest BCUT2D eigenvalue weighted by molar-refractivity contribution is 0.518. The van der Waals surface area contributed by atoms with Crippen molar-refractivity contribution in [3.63, 3.8) is 0 Å². The molecule has 1 aliphatic rings. The van der Waals surface area contributed by atoms with Gasteiger partial charge < -0.3 is 0 Å². The molecule has 0 amide bonds. The van der Waals surface area contributed by atoms with Crippen LogP contribution in [0, 0.1) is 17.6 Å². The van der Waals surface area contributed by atoms with Crippen LogP contribution >= 0.6 is 15.9 Å². The summed E-state index contributed by atoms with van der Waals surface area (Å²) in [5.74, 6) is -1.16. The van der Waals surface area contributed by atoms with Crippen LogP contribution in [0.2, 0.25) is 0 Å². The molecule has 1 saturated carbocycles. The van der Waals surface area contributed by atoms with E-state index in [4.69, 9.17) is 0 Å². The molecule has 2 aromatic carbocycles. The summed E-state index contributed by atoms with van der Waals surface area (Å²) < 4.78 is 55.4. The van der Waals surface area contributed by atoms with E-state index in [2.05, 4.69) is 20.7 Å². The highest BCUT2D eigenvalue weighted by molar-refractivity contribution is 9.10. The molecule has 1 fully saturated rings. The minimum Gasteiger partial charge on any atom is -0.210 e. The monoisotopic (exact) mass is 415 g/mol. The van der Waals surface area contributed by atoms with Gasteiger partial charge in [0, 0.05) is 22.5 Å². The highest BCUT2D eigenvalue weighted by Gasteiger charge is 2.53. The van der Waals surface area contributed by atoms with Crippen LogP contribution in [0.4, 0.5) is 8.78 Å². The molecule has 0 aromatic heterocycles. The maximum absolute atomic E-state index is 14.1. The lowest BCUT2D eigenvalue weighted by Gasteiger charge is -2.19. The molecular weight excluding hydrogens is 400 g/mol. The van der Waals surface area contributed by atoms with Gasteiger partial charge in [0.05, 0.1) is 4.90 Å². The number of nitrogens with one attached hydrogen (secondary N) is 1. The standard InChI is InChI=1S/C17H16BrF2NO2S/c1-11-9-17(11,15-7-4-13(19)8-16(15)20)10-21-24(22,23)14-5-2-12(18)3-6-14/h2-8,11,21H,9-10H2,1H3. The number of rotatable bonds is 5. The molecule has 0 aliphatic heterocycles. The Balaban J connectivity index is 1.83. The van der Waals surface area contributed by atoms with Gasteiger partial charge >= 0.3 is 0 Å². The minimum absolute atomic E-state index is 0.0785. The molecule has 0 heterocycles. The van der Waals surface area contributed by atoms with Crippen LogP contribution in [0.15, 0.2) is 51.8 Å². The van der Waals surface area contributed by atoms with Crippen molar-refractivity contribution in [1.82, 2.24) is 4.72 Å². The van der Waals surface area contributed by atoms with Crippen LogP contribution in [0.3, 0.4) is 0 Å². The molecule has 2 atom stereocenters. The lowest BCUT2D eigenvalue weighted by atomic mass is 9.93. The molecule has 24 heavy (non-hydrogen) atoms. The normalized spacial score (nSPS) is 23.2. The van der Waals surface area contributed by atoms with Crippen molar-refractivity contribution in [2.45, 2.75) is 23.7 Å². The summed E-state index contributed by atoms with van der Waals surface area (Å²) >= 11 is 3.26. The van der Waals surface area contributed by atoms with Gasteiger partial charge in [0.2, 0.25) is 10.0 Å². The Morgan fingerprint density at radius 2 is 1.83 bits per heavy atom. The van der Waals surface area contributed by atoms with Crippen molar-refractivity contribution in [2.75, 3.05) is 6.54 Å². The van der Waals surface area contributed by atoms with Crippen LogP contribution in [-0.2, 0) is 15.4 Å². The highest BCUT2D eigenvalue weighted by atomic mass is 79.9. The fourth-order valence-electron chi connectivity index (χ4n) is 3.02. The zero-order valence-corrected chi connectivity index (χ0v) is 15.3. The Morgan fingerprint density at radius 3 is 2.38 bits per heavy atom. The Bertz CT molecular complexity index is 871. The molecule has 7 heteroatoms. The first kappa shape index (κ1) is 17.5. The topological polar surface area (TPSA) is 46.2 Å². The molecule has 0 saturated heterocycles. The van der Waals surface area contributed by atoms with E-state index in [1.165, 1.54) is 24.3 Å². The number of hydrogen-bond acceptors (Lipinski definition) is 2. The van der Waals surface area contributed by atoms with E-state index in [1.807, 2.05) is 6.92 Å². The van der Waals surface area contributed by atoms with Crippen molar-refractivity contribution in [3.05, 3.63) is 64.1 Å². The molecule has 2 aromatic rings. The van der Waals surface area contributed by atoms with Gasteiger partial charge in [-0.25, -0.2) is 21.9 Å². The Kier molecular flexibility index (Phi) is 4.53. The number of benzene rings is 2. The van der Waals surface area contributed by atoms with Crippen molar-refractivity contribution in [2.24, 2.45) is 5.92 Å². The molecule has 1 N–H and O–H groups in total. The quantitative estimate of drug-likeness (QED) is 0.802. The summed E-state index contributed by atoms with van der Waals surface area (Å²) in [6, 6.07) is 9.72. The van der Waals surface area contributed by atoms with E-state index < -0.39 is 27.1 Å². The van der Waals surface area contributed by atoms with Gasteiger partial charge in [-0.1, -0.05) is 28.9 Å². The molecule has 128 valence electrons. The van der Waals surface area contributed by atoms with E-state index in [0.717, 1.165) is 10.5 Å². The molecule has 2 unspecified atom stereocenters. The van der Waals surface area contributed by atoms with Crippen molar-refractivity contribution >= 4 is 26.0 Å². The third-order valence-corrected chi connectivity index (χ3v) is 6.57. The van der Waals surface area contributed by atoms with Gasteiger partial charge in [-0.15, -0.1) is 0 Å². The summed E-state index contributed by atoms with van der Waals surface area (Å²) in [5.41, 5.74) is -0.268. The average Bonchev–Trinajstić information content (AvgIpc) is 3.17. The first-order chi connectivity index (χ1) is 11.2. The fourth-order valence-corrected chi connectivity index (χ4v) is 4.39. The smallest absolute Gasteiger partial charge is 0.210 e. The van der Waals surface area contributed by atoms with Crippen LogP contribution in [0.5, 0.6) is 0 Å². The summed E-state index contributed by atoms with van der Waals surface area (Å²) in [4.78, 5) is 0.147. The van der Waals surface area contributed by atoms with E-state index in [9.17, 15) is 17.2 Å². The van der Waals surface area contributed by atoms with E-state index in [0.29, 0.717) is 12.0 Å². The summed E-state index contributed by atoms with van der Waals surface area (Å²) in [6.45, 7) is 2.01. The van der Waals surface area contributed by atoms with E-state index in [-0.39, 0.29) is 17.4 Å². The summed E-state index contributed by atoms with van der Waals surface area (Å²) in [7, 11) is -3.69. The van der Waals surface area contributed by atoms with Crippen LogP contribution in [0.1, 0.15) is 18.9 Å². The number of hydrogen-bond donors (Lipinski definition) is 1. The molecule has 0 spiro atoms. The third kappa shape index (κ3) is 3.25. The highest BCUT2D eigenvalue weighted by Crippen LogP contribution is 2.54. The second kappa shape index (κ2) is 6.20. The van der Waals surface area contributed by atoms with Gasteiger partial charge in [-0.2, -0.15) is 0 Å². The van der Waals surface area contributed by atoms with Crippen LogP contribution in [0.25, 0.3) is 0 Å². The molecule has 0 bridgehead atoms. The van der Waals surface area contributed by atoms with Gasteiger partial charge in [0.1, 0.15) is 11.6 Å². The van der Waals surface area contributed by atoms with Crippen LogP contribution in [-0.4, -0.2) is 15.0 Å². The van der Waals surface area contributed by atoms with E-state index >= 15 is 0 Å². The number of halogens is 3. The third-order valence-electron chi connectivity index (χ3n) is 4.62. The predicted molar refractivity (Wildman–Crippen MR) is 91.1 cm³/mol. The molecule has 1 aliphatic carbocycles. The zero-order valence-electron chi connectivity index (χ0n) is 12.9. The maximum Gasteiger partial charge on any atom is 0.240 e. The van der Waals surface area contributed by atoms with Gasteiger partial charge in [-0.05, 0) is 48.2 Å². The molecule has 3 rings (SSSR count). The molecular formula is C17H16BrF2NO2S. The second-order valence-corrected chi connectivity index (χ2v) is 8.85. The largest absolute Gasteiger partial charge is 0.240 e. The molecule has 3 nitrogen and oxygen atoms in total.